The zero-order chi connectivity index (χ0) is 38.5. The van der Waals surface area contributed by atoms with Crippen LogP contribution >= 0.6 is 0 Å². The van der Waals surface area contributed by atoms with Crippen LogP contribution in [-0.2, 0) is 0 Å². The fourth-order valence-electron chi connectivity index (χ4n) is 9.68. The van der Waals surface area contributed by atoms with Gasteiger partial charge in [-0.05, 0) is 97.7 Å². The van der Waals surface area contributed by atoms with Crippen molar-refractivity contribution in [3.05, 3.63) is 193 Å². The minimum Gasteiger partial charge on any atom is -0.453 e. The maximum Gasteiger partial charge on any atom is 0.160 e. The highest BCUT2D eigenvalue weighted by atomic mass is 16.3. The van der Waals surface area contributed by atoms with Crippen LogP contribution < -0.4 is 0 Å². The second-order valence-electron chi connectivity index (χ2n) is 15.4. The molecule has 0 fully saturated rings. The maximum atomic E-state index is 7.25. The number of para-hydroxylation sites is 1. The first kappa shape index (κ1) is 32.7. The highest BCUT2D eigenvalue weighted by Gasteiger charge is 2.26. The van der Waals surface area contributed by atoms with E-state index in [1.807, 2.05) is 0 Å². The summed E-state index contributed by atoms with van der Waals surface area (Å²) in [4.78, 5) is 5.85. The van der Waals surface area contributed by atoms with E-state index in [0.717, 1.165) is 82.7 Å². The van der Waals surface area contributed by atoms with Crippen molar-refractivity contribution in [3.63, 3.8) is 0 Å². The highest BCUT2D eigenvalue weighted by Crippen LogP contribution is 2.47. The van der Waals surface area contributed by atoms with Crippen molar-refractivity contribution in [2.45, 2.75) is 13.8 Å². The Hall–Kier alpha value is -7.49. The Morgan fingerprint density at radius 3 is 1.72 bits per heavy atom. The third-order valence-corrected chi connectivity index (χ3v) is 12.2. The summed E-state index contributed by atoms with van der Waals surface area (Å²) in [5.41, 5.74) is 8.02. The highest BCUT2D eigenvalue weighted by molar-refractivity contribution is 6.40. The molecule has 3 nitrogen and oxygen atoms in total. The summed E-state index contributed by atoms with van der Waals surface area (Å²) in [5, 5.41) is 16.6. The third kappa shape index (κ3) is 4.59. The van der Waals surface area contributed by atoms with Crippen molar-refractivity contribution in [2.75, 3.05) is 0 Å². The van der Waals surface area contributed by atoms with Gasteiger partial charge in [-0.2, -0.15) is 0 Å². The van der Waals surface area contributed by atoms with Gasteiger partial charge in [0.25, 0.3) is 0 Å². The predicted molar refractivity (Wildman–Crippen MR) is 248 cm³/mol. The Bertz CT molecular complexity index is 3750. The number of aryl methyl sites for hydroxylation is 1. The molecule has 58 heavy (non-hydrogen) atoms. The summed E-state index contributed by atoms with van der Waals surface area (Å²) in [6.07, 6.45) is 2.21. The first-order chi connectivity index (χ1) is 28.7. The topological polar surface area (TPSA) is 30.4 Å². The van der Waals surface area contributed by atoms with Gasteiger partial charge in [-0.15, -0.1) is 0 Å². The van der Waals surface area contributed by atoms with Gasteiger partial charge in [0.15, 0.2) is 5.58 Å². The van der Waals surface area contributed by atoms with E-state index in [1.54, 1.807) is 0 Å². The van der Waals surface area contributed by atoms with Gasteiger partial charge in [0.2, 0.25) is 0 Å². The van der Waals surface area contributed by atoms with Gasteiger partial charge in [0.05, 0.1) is 16.7 Å². The van der Waals surface area contributed by atoms with Crippen LogP contribution in [0.15, 0.2) is 191 Å². The van der Waals surface area contributed by atoms with E-state index in [2.05, 4.69) is 200 Å². The number of rotatable bonds is 3. The van der Waals surface area contributed by atoms with Crippen LogP contribution in [0.3, 0.4) is 0 Å². The first-order valence-corrected chi connectivity index (χ1v) is 20.0. The Kier molecular flexibility index (Phi) is 7.06. The monoisotopic (exact) mass is 740 g/mol. The summed E-state index contributed by atoms with van der Waals surface area (Å²) >= 11 is 0. The minimum absolute atomic E-state index is 0.842. The van der Waals surface area contributed by atoms with Crippen LogP contribution in [0.4, 0.5) is 5.69 Å². The molecule has 2 aromatic heterocycles. The molecule has 0 saturated heterocycles. The Morgan fingerprint density at radius 1 is 0.483 bits per heavy atom. The molecule has 0 amide bonds. The van der Waals surface area contributed by atoms with Crippen LogP contribution in [0.5, 0.6) is 0 Å². The third-order valence-electron chi connectivity index (χ3n) is 12.2. The average Bonchev–Trinajstić information content (AvgIpc) is 3.85. The van der Waals surface area contributed by atoms with Gasteiger partial charge in [0.1, 0.15) is 11.4 Å². The zero-order valence-electron chi connectivity index (χ0n) is 32.1. The molecule has 272 valence electrons. The molecule has 12 aromatic rings. The van der Waals surface area contributed by atoms with Gasteiger partial charge in [0, 0.05) is 32.5 Å². The molecule has 3 heteroatoms. The lowest BCUT2D eigenvalue weighted by molar-refractivity contribution is 0.675. The first-order valence-electron chi connectivity index (χ1n) is 20.0. The van der Waals surface area contributed by atoms with Crippen molar-refractivity contribution < 1.29 is 4.42 Å². The van der Waals surface area contributed by atoms with Crippen molar-refractivity contribution in [3.8, 4) is 0 Å². The number of aromatic nitrogens is 1. The Morgan fingerprint density at radius 2 is 1.03 bits per heavy atom. The van der Waals surface area contributed by atoms with Gasteiger partial charge >= 0.3 is 0 Å². The number of nitrogens with zero attached hydrogens (tertiary/aromatic N) is 2. The lowest BCUT2D eigenvalue weighted by atomic mass is 9.93. The van der Waals surface area contributed by atoms with Crippen LogP contribution in [0.2, 0.25) is 0 Å². The molecule has 0 aliphatic heterocycles. The number of aliphatic imine (C=N–C) groups is 1. The second kappa shape index (κ2) is 12.5. The molecular weight excluding hydrogens is 705 g/mol. The summed E-state index contributed by atoms with van der Waals surface area (Å²) in [5.74, 6) is 0.842. The fraction of sp³-hybridized carbons (Fsp3) is 0.0364. The normalized spacial score (nSPS) is 12.9. The van der Waals surface area contributed by atoms with Crippen molar-refractivity contribution in [1.82, 2.24) is 4.57 Å². The molecule has 0 saturated carbocycles. The molecular formula is C55H36N2O. The van der Waals surface area contributed by atoms with Crippen LogP contribution in [0, 0.1) is 6.92 Å². The molecule has 0 bridgehead atoms. The van der Waals surface area contributed by atoms with Gasteiger partial charge in [-0.3, -0.25) is 4.57 Å². The summed E-state index contributed by atoms with van der Waals surface area (Å²) in [7, 11) is 0. The number of fused-ring (bicyclic) bond motifs is 18. The quantitative estimate of drug-likeness (QED) is 0.101. The number of hydrogen-bond donors (Lipinski definition) is 0. The average molecular weight is 741 g/mol. The lowest BCUT2D eigenvalue weighted by Gasteiger charge is -2.18. The van der Waals surface area contributed by atoms with Crippen molar-refractivity contribution in [2.24, 2.45) is 4.99 Å². The van der Waals surface area contributed by atoms with Gasteiger partial charge < -0.3 is 4.42 Å². The Balaban J connectivity index is 1.28. The Labute approximate surface area is 334 Å². The molecule has 0 unspecified atom stereocenters. The molecule has 2 heterocycles. The van der Waals surface area contributed by atoms with Crippen molar-refractivity contribution >= 4 is 115 Å². The molecule has 0 N–H and O–H groups in total. The molecule has 0 radical (unpaired) electrons. The zero-order valence-corrected chi connectivity index (χ0v) is 32.1. The summed E-state index contributed by atoms with van der Waals surface area (Å²) in [6, 6.07) is 63.4. The number of hydrogen-bond acceptors (Lipinski definition) is 2. The van der Waals surface area contributed by atoms with Crippen LogP contribution in [0.1, 0.15) is 18.1 Å². The predicted octanol–water partition coefficient (Wildman–Crippen LogP) is 15.5. The minimum atomic E-state index is 0.842. The van der Waals surface area contributed by atoms with E-state index in [1.165, 1.54) is 43.1 Å². The number of allylic oxidation sites excluding steroid dienone is 2. The van der Waals surface area contributed by atoms with E-state index >= 15 is 0 Å². The molecule has 0 aliphatic rings. The number of benzene rings is 10. The standard InChI is InChI=1S/C55H36N2O/c1-3-36(34-17-5-4-6-18-34)55(56-48-32-47-41-24-12-10-22-39(41)38-21-9-11-23-40(38)46(47)31-33(48)2)57-49-28-16-15-27-44(49)50-42-25-13-14-26-43(42)51-45-30-29-35-19-7-8-20-37(35)53(45)58-54(51)52(50)57/h3-32H,1-2H3/b36-3-,56-55+. The van der Waals surface area contributed by atoms with E-state index in [-0.39, 0.29) is 0 Å². The van der Waals surface area contributed by atoms with Gasteiger partial charge in [-0.25, -0.2) is 4.99 Å². The maximum absolute atomic E-state index is 7.25. The van der Waals surface area contributed by atoms with Crippen molar-refractivity contribution in [1.29, 1.82) is 0 Å². The number of furan rings is 1. The second-order valence-corrected chi connectivity index (χ2v) is 15.4. The molecule has 10 aromatic carbocycles. The SMILES string of the molecule is C/C=C(\C(=N/c1cc2c3ccccc3c3ccccc3c2cc1C)n1c2ccccc2c2c3ccccc3c3c4ccc5ccccc5c4oc3c21)c1ccccc1. The molecule has 12 rings (SSSR count). The summed E-state index contributed by atoms with van der Waals surface area (Å²) < 4.78 is 9.64. The molecule has 0 spiro atoms. The molecule has 0 aliphatic carbocycles. The largest absolute Gasteiger partial charge is 0.453 e. The van der Waals surface area contributed by atoms with E-state index in [9.17, 15) is 0 Å². The lowest BCUT2D eigenvalue weighted by Crippen LogP contribution is -2.14. The smallest absolute Gasteiger partial charge is 0.160 e. The van der Waals surface area contributed by atoms with E-state index in [4.69, 9.17) is 9.41 Å². The van der Waals surface area contributed by atoms with Gasteiger partial charge in [-0.1, -0.05) is 158 Å². The van der Waals surface area contributed by atoms with Crippen LogP contribution in [-0.4, -0.2) is 10.4 Å². The van der Waals surface area contributed by atoms with E-state index < -0.39 is 0 Å². The summed E-state index contributed by atoms with van der Waals surface area (Å²) in [6.45, 7) is 4.32. The van der Waals surface area contributed by atoms with Crippen LogP contribution in [0.25, 0.3) is 103 Å². The molecule has 0 atom stereocenters. The van der Waals surface area contributed by atoms with E-state index in [0.29, 0.717) is 0 Å². The fourth-order valence-corrected chi connectivity index (χ4v) is 9.68.